The molecule has 6 heteroatoms. The summed E-state index contributed by atoms with van der Waals surface area (Å²) in [5, 5.41) is 4.88. The maximum absolute atomic E-state index is 10.7. The summed E-state index contributed by atoms with van der Waals surface area (Å²) in [6.45, 7) is 4.44. The van der Waals surface area contributed by atoms with Crippen molar-refractivity contribution in [2.24, 2.45) is 5.14 Å². The molecular weight excluding hydrogens is 192 g/mol. The Kier molecular flexibility index (Phi) is 2.96. The first-order valence-corrected chi connectivity index (χ1v) is 5.77. The molecule has 0 aromatic carbocycles. The molecule has 5 nitrogen and oxygen atoms in total. The summed E-state index contributed by atoms with van der Waals surface area (Å²) in [6, 6.07) is -0.0984. The fourth-order valence-corrected chi connectivity index (χ4v) is 2.23. The van der Waals surface area contributed by atoms with Crippen LogP contribution < -0.4 is 9.86 Å². The predicted molar refractivity (Wildman–Crippen MR) is 49.3 cm³/mol. The van der Waals surface area contributed by atoms with Crippen LogP contribution in [-0.4, -0.2) is 26.7 Å². The molecule has 78 valence electrons. The molecule has 1 rings (SSSR count). The number of hydrogen-bond acceptors (Lipinski definition) is 3. The van der Waals surface area contributed by atoms with Crippen molar-refractivity contribution in [3.63, 3.8) is 0 Å². The predicted octanol–water partition coefficient (Wildman–Crippen LogP) is -0.263. The molecule has 0 amide bonds. The van der Waals surface area contributed by atoms with E-state index in [0.29, 0.717) is 19.4 Å². The summed E-state index contributed by atoms with van der Waals surface area (Å²) in [4.78, 5) is 0. The molecule has 0 radical (unpaired) electrons. The minimum absolute atomic E-state index is 0.0984. The summed E-state index contributed by atoms with van der Waals surface area (Å²) in [5.41, 5.74) is -0.263. The van der Waals surface area contributed by atoms with E-state index in [9.17, 15) is 8.42 Å². The van der Waals surface area contributed by atoms with Crippen LogP contribution in [0.1, 0.15) is 26.7 Å². The van der Waals surface area contributed by atoms with Crippen molar-refractivity contribution < 1.29 is 13.2 Å². The SMILES string of the molecule is CC1(C)CC(NS(N)(=O)=O)CCO1. The van der Waals surface area contributed by atoms with Gasteiger partial charge in [-0.25, -0.2) is 5.14 Å². The highest BCUT2D eigenvalue weighted by molar-refractivity contribution is 7.87. The Morgan fingerprint density at radius 3 is 2.62 bits per heavy atom. The third-order valence-corrected chi connectivity index (χ3v) is 2.69. The molecule has 1 fully saturated rings. The largest absolute Gasteiger partial charge is 0.375 e. The van der Waals surface area contributed by atoms with Gasteiger partial charge in [0.25, 0.3) is 10.2 Å². The molecule has 13 heavy (non-hydrogen) atoms. The molecule has 1 atom stereocenters. The molecule has 0 saturated carbocycles. The van der Waals surface area contributed by atoms with Crippen LogP contribution in [-0.2, 0) is 14.9 Å². The minimum atomic E-state index is -3.58. The van der Waals surface area contributed by atoms with Gasteiger partial charge in [-0.15, -0.1) is 0 Å². The summed E-state index contributed by atoms with van der Waals surface area (Å²) < 4.78 is 29.3. The van der Waals surface area contributed by atoms with Crippen LogP contribution in [0, 0.1) is 0 Å². The zero-order valence-electron chi connectivity index (χ0n) is 7.91. The van der Waals surface area contributed by atoms with Crippen molar-refractivity contribution in [1.29, 1.82) is 0 Å². The van der Waals surface area contributed by atoms with Gasteiger partial charge in [0.2, 0.25) is 0 Å². The molecule has 0 aliphatic carbocycles. The highest BCUT2D eigenvalue weighted by Gasteiger charge is 2.30. The van der Waals surface area contributed by atoms with Crippen LogP contribution in [0.15, 0.2) is 0 Å². The van der Waals surface area contributed by atoms with Gasteiger partial charge in [-0.3, -0.25) is 0 Å². The molecule has 0 bridgehead atoms. The van der Waals surface area contributed by atoms with E-state index in [0.717, 1.165) is 0 Å². The Labute approximate surface area is 78.8 Å². The van der Waals surface area contributed by atoms with E-state index in [1.54, 1.807) is 0 Å². The van der Waals surface area contributed by atoms with Gasteiger partial charge in [-0.2, -0.15) is 13.1 Å². The monoisotopic (exact) mass is 208 g/mol. The van der Waals surface area contributed by atoms with E-state index in [-0.39, 0.29) is 11.6 Å². The molecule has 0 spiro atoms. The van der Waals surface area contributed by atoms with Crippen molar-refractivity contribution in [2.75, 3.05) is 6.61 Å². The second kappa shape index (κ2) is 3.53. The number of hydrogen-bond donors (Lipinski definition) is 2. The normalized spacial score (nSPS) is 28.7. The van der Waals surface area contributed by atoms with Crippen LogP contribution >= 0.6 is 0 Å². The molecule has 0 aromatic rings. The number of rotatable bonds is 2. The van der Waals surface area contributed by atoms with E-state index in [2.05, 4.69) is 4.72 Å². The van der Waals surface area contributed by atoms with Gasteiger partial charge in [0.15, 0.2) is 0 Å². The minimum Gasteiger partial charge on any atom is -0.375 e. The van der Waals surface area contributed by atoms with Gasteiger partial charge >= 0.3 is 0 Å². The van der Waals surface area contributed by atoms with Crippen molar-refractivity contribution in [2.45, 2.75) is 38.3 Å². The Morgan fingerprint density at radius 1 is 1.54 bits per heavy atom. The van der Waals surface area contributed by atoms with Gasteiger partial charge in [-0.05, 0) is 26.7 Å². The van der Waals surface area contributed by atoms with Gasteiger partial charge in [0.1, 0.15) is 0 Å². The van der Waals surface area contributed by atoms with Crippen molar-refractivity contribution >= 4 is 10.2 Å². The molecule has 3 N–H and O–H groups in total. The lowest BCUT2D eigenvalue weighted by molar-refractivity contribution is -0.0599. The molecular formula is C7H16N2O3S. The lowest BCUT2D eigenvalue weighted by Gasteiger charge is -2.35. The lowest BCUT2D eigenvalue weighted by atomic mass is 9.95. The van der Waals surface area contributed by atoms with E-state index >= 15 is 0 Å². The summed E-state index contributed by atoms with van der Waals surface area (Å²) in [7, 11) is -3.58. The Morgan fingerprint density at radius 2 is 2.15 bits per heavy atom. The molecule has 1 aliphatic heterocycles. The standard InChI is InChI=1S/C7H16N2O3S/c1-7(2)5-6(3-4-12-7)9-13(8,10)11/h6,9H,3-5H2,1-2H3,(H2,8,10,11). The highest BCUT2D eigenvalue weighted by Crippen LogP contribution is 2.23. The Hall–Kier alpha value is -0.170. The highest BCUT2D eigenvalue weighted by atomic mass is 32.2. The number of ether oxygens (including phenoxy) is 1. The first-order chi connectivity index (χ1) is 5.79. The first kappa shape index (κ1) is 10.9. The second-order valence-corrected chi connectivity index (χ2v) is 5.29. The molecule has 1 heterocycles. The van der Waals surface area contributed by atoms with Gasteiger partial charge in [-0.1, -0.05) is 0 Å². The first-order valence-electron chi connectivity index (χ1n) is 4.22. The third kappa shape index (κ3) is 4.04. The van der Waals surface area contributed by atoms with E-state index in [4.69, 9.17) is 9.88 Å². The summed E-state index contributed by atoms with van der Waals surface area (Å²) in [5.74, 6) is 0. The smallest absolute Gasteiger partial charge is 0.274 e. The quantitative estimate of drug-likeness (QED) is 0.656. The summed E-state index contributed by atoms with van der Waals surface area (Å²) in [6.07, 6.45) is 1.34. The van der Waals surface area contributed by atoms with Crippen LogP contribution in [0.2, 0.25) is 0 Å². The molecule has 1 aliphatic rings. The van der Waals surface area contributed by atoms with E-state index < -0.39 is 10.2 Å². The fourth-order valence-electron chi connectivity index (χ4n) is 1.56. The number of nitrogens with one attached hydrogen (secondary N) is 1. The van der Waals surface area contributed by atoms with Crippen LogP contribution in [0.5, 0.6) is 0 Å². The average Bonchev–Trinajstić information content (AvgIpc) is 1.79. The fraction of sp³-hybridized carbons (Fsp3) is 1.00. The number of nitrogens with two attached hydrogens (primary N) is 1. The molecule has 1 saturated heterocycles. The zero-order valence-corrected chi connectivity index (χ0v) is 8.73. The summed E-state index contributed by atoms with van der Waals surface area (Å²) >= 11 is 0. The Bertz CT molecular complexity index is 273. The lowest BCUT2D eigenvalue weighted by Crippen LogP contribution is -2.47. The second-order valence-electron chi connectivity index (χ2n) is 3.96. The van der Waals surface area contributed by atoms with Gasteiger partial charge < -0.3 is 4.74 Å². The third-order valence-electron chi connectivity index (χ3n) is 2.03. The maximum atomic E-state index is 10.7. The van der Waals surface area contributed by atoms with Crippen LogP contribution in [0.25, 0.3) is 0 Å². The maximum Gasteiger partial charge on any atom is 0.274 e. The van der Waals surface area contributed by atoms with E-state index in [1.165, 1.54) is 0 Å². The topological polar surface area (TPSA) is 81.4 Å². The van der Waals surface area contributed by atoms with Crippen molar-refractivity contribution in [1.82, 2.24) is 4.72 Å². The van der Waals surface area contributed by atoms with Crippen molar-refractivity contribution in [3.05, 3.63) is 0 Å². The van der Waals surface area contributed by atoms with Crippen LogP contribution in [0.4, 0.5) is 0 Å². The van der Waals surface area contributed by atoms with Crippen LogP contribution in [0.3, 0.4) is 0 Å². The van der Waals surface area contributed by atoms with Gasteiger partial charge in [0.05, 0.1) is 5.60 Å². The molecule has 1 unspecified atom stereocenters. The van der Waals surface area contributed by atoms with Crippen molar-refractivity contribution in [3.8, 4) is 0 Å². The Balaban J connectivity index is 2.53. The molecule has 0 aromatic heterocycles. The van der Waals surface area contributed by atoms with Gasteiger partial charge in [0, 0.05) is 12.6 Å². The van der Waals surface area contributed by atoms with E-state index in [1.807, 2.05) is 13.8 Å². The average molecular weight is 208 g/mol. The zero-order chi connectivity index (χ0) is 10.1.